The summed E-state index contributed by atoms with van der Waals surface area (Å²) in [6, 6.07) is 5.24. The molecule has 4 N–H and O–H groups in total. The lowest BCUT2D eigenvalue weighted by Crippen LogP contribution is -2.31. The van der Waals surface area contributed by atoms with Gasteiger partial charge in [-0.15, -0.1) is 0 Å². The molecule has 1 saturated carbocycles. The van der Waals surface area contributed by atoms with Crippen molar-refractivity contribution < 1.29 is 9.90 Å². The summed E-state index contributed by atoms with van der Waals surface area (Å²) >= 11 is 3.32. The number of rotatable bonds is 5. The third-order valence-electron chi connectivity index (χ3n) is 3.50. The van der Waals surface area contributed by atoms with Crippen molar-refractivity contribution in [2.75, 3.05) is 18.9 Å². The first kappa shape index (κ1) is 13.4. The van der Waals surface area contributed by atoms with Crippen LogP contribution in [0, 0.1) is 5.41 Å². The third-order valence-corrected chi connectivity index (χ3v) is 4.38. The van der Waals surface area contributed by atoms with Crippen molar-refractivity contribution in [2.24, 2.45) is 5.41 Å². The summed E-state index contributed by atoms with van der Waals surface area (Å²) in [4.78, 5) is 12.0. The maximum absolute atomic E-state index is 12.0. The standard InChI is InChI=1S/C13H17BrN2O2/c14-11-9(2-1-3-10(11)15)12(18)16-8-13(4-5-13)6-7-17/h1-3,17H,4-8,15H2,(H,16,18). The highest BCUT2D eigenvalue weighted by Crippen LogP contribution is 2.47. The van der Waals surface area contributed by atoms with E-state index in [2.05, 4.69) is 21.2 Å². The topological polar surface area (TPSA) is 75.4 Å². The van der Waals surface area contributed by atoms with Crippen molar-refractivity contribution in [3.05, 3.63) is 28.2 Å². The van der Waals surface area contributed by atoms with E-state index in [1.165, 1.54) is 0 Å². The van der Waals surface area contributed by atoms with Crippen LogP contribution in [0.2, 0.25) is 0 Å². The van der Waals surface area contributed by atoms with E-state index >= 15 is 0 Å². The van der Waals surface area contributed by atoms with Crippen LogP contribution in [-0.4, -0.2) is 24.2 Å². The van der Waals surface area contributed by atoms with Gasteiger partial charge in [-0.2, -0.15) is 0 Å². The number of aliphatic hydroxyl groups excluding tert-OH is 1. The van der Waals surface area contributed by atoms with Crippen molar-refractivity contribution in [1.29, 1.82) is 0 Å². The number of nitrogens with one attached hydrogen (secondary N) is 1. The summed E-state index contributed by atoms with van der Waals surface area (Å²) in [7, 11) is 0. The number of nitrogen functional groups attached to an aromatic ring is 1. The molecule has 1 fully saturated rings. The van der Waals surface area contributed by atoms with Crippen LogP contribution in [-0.2, 0) is 0 Å². The Morgan fingerprint density at radius 3 is 2.83 bits per heavy atom. The summed E-state index contributed by atoms with van der Waals surface area (Å²) < 4.78 is 0.634. The zero-order valence-electron chi connectivity index (χ0n) is 10.1. The number of carbonyl (C=O) groups excluding carboxylic acids is 1. The van der Waals surface area contributed by atoms with Crippen LogP contribution >= 0.6 is 15.9 Å². The van der Waals surface area contributed by atoms with Gasteiger partial charge >= 0.3 is 0 Å². The minimum Gasteiger partial charge on any atom is -0.398 e. The second-order valence-corrected chi connectivity index (χ2v) is 5.66. The maximum Gasteiger partial charge on any atom is 0.252 e. The molecule has 0 radical (unpaired) electrons. The Hall–Kier alpha value is -1.07. The van der Waals surface area contributed by atoms with Gasteiger partial charge in [0.05, 0.1) is 10.0 Å². The molecular formula is C13H17BrN2O2. The summed E-state index contributed by atoms with van der Waals surface area (Å²) in [5.74, 6) is -0.126. The number of benzene rings is 1. The summed E-state index contributed by atoms with van der Waals surface area (Å²) in [6.07, 6.45) is 2.91. The predicted molar refractivity (Wildman–Crippen MR) is 74.3 cm³/mol. The third kappa shape index (κ3) is 2.84. The number of aliphatic hydroxyl groups is 1. The largest absolute Gasteiger partial charge is 0.398 e. The zero-order valence-corrected chi connectivity index (χ0v) is 11.7. The first-order valence-corrected chi connectivity index (χ1v) is 6.80. The van der Waals surface area contributed by atoms with Crippen molar-refractivity contribution >= 4 is 27.5 Å². The number of amides is 1. The molecule has 1 aromatic rings. The zero-order chi connectivity index (χ0) is 13.2. The van der Waals surface area contributed by atoms with Gasteiger partial charge in [-0.1, -0.05) is 6.07 Å². The molecule has 0 atom stereocenters. The summed E-state index contributed by atoms with van der Waals surface area (Å²) in [5, 5.41) is 11.9. The molecule has 2 rings (SSSR count). The fourth-order valence-corrected chi connectivity index (χ4v) is 2.46. The van der Waals surface area contributed by atoms with E-state index in [4.69, 9.17) is 10.8 Å². The van der Waals surface area contributed by atoms with E-state index in [0.717, 1.165) is 19.3 Å². The van der Waals surface area contributed by atoms with E-state index in [1.54, 1.807) is 18.2 Å². The maximum atomic E-state index is 12.0. The average Bonchev–Trinajstić information content (AvgIpc) is 3.11. The van der Waals surface area contributed by atoms with Gasteiger partial charge in [0.1, 0.15) is 0 Å². The fraction of sp³-hybridized carbons (Fsp3) is 0.462. The Bertz CT molecular complexity index is 458. The molecule has 1 aliphatic carbocycles. The molecular weight excluding hydrogens is 296 g/mol. The summed E-state index contributed by atoms with van der Waals surface area (Å²) in [6.45, 7) is 0.797. The van der Waals surface area contributed by atoms with Gasteiger partial charge in [-0.05, 0) is 52.7 Å². The predicted octanol–water partition coefficient (Wildman–Crippen LogP) is 1.92. The molecule has 98 valence electrons. The monoisotopic (exact) mass is 312 g/mol. The first-order valence-electron chi connectivity index (χ1n) is 6.01. The molecule has 5 heteroatoms. The van der Waals surface area contributed by atoms with Gasteiger partial charge in [0.25, 0.3) is 5.91 Å². The number of nitrogens with two attached hydrogens (primary N) is 1. The summed E-state index contributed by atoms with van der Waals surface area (Å²) in [5.41, 5.74) is 6.97. The van der Waals surface area contributed by atoms with Crippen LogP contribution in [0.1, 0.15) is 29.6 Å². The van der Waals surface area contributed by atoms with E-state index in [9.17, 15) is 4.79 Å². The number of carbonyl (C=O) groups is 1. The van der Waals surface area contributed by atoms with Crippen LogP contribution in [0.25, 0.3) is 0 Å². The van der Waals surface area contributed by atoms with Crippen LogP contribution in [0.4, 0.5) is 5.69 Å². The minimum atomic E-state index is -0.126. The molecule has 4 nitrogen and oxygen atoms in total. The van der Waals surface area contributed by atoms with E-state index in [-0.39, 0.29) is 17.9 Å². The van der Waals surface area contributed by atoms with E-state index in [0.29, 0.717) is 22.3 Å². The Labute approximate surface area is 115 Å². The van der Waals surface area contributed by atoms with Crippen LogP contribution in [0.5, 0.6) is 0 Å². The number of hydrogen-bond acceptors (Lipinski definition) is 3. The second-order valence-electron chi connectivity index (χ2n) is 4.87. The lowest BCUT2D eigenvalue weighted by Gasteiger charge is -2.15. The highest BCUT2D eigenvalue weighted by molar-refractivity contribution is 9.10. The smallest absolute Gasteiger partial charge is 0.252 e. The average molecular weight is 313 g/mol. The van der Waals surface area contributed by atoms with Gasteiger partial charge in [0, 0.05) is 18.8 Å². The molecule has 1 aromatic carbocycles. The molecule has 0 aromatic heterocycles. The van der Waals surface area contributed by atoms with E-state index in [1.807, 2.05) is 0 Å². The molecule has 0 bridgehead atoms. The van der Waals surface area contributed by atoms with Crippen molar-refractivity contribution in [2.45, 2.75) is 19.3 Å². The molecule has 0 saturated heterocycles. The number of halogens is 1. The highest BCUT2D eigenvalue weighted by atomic mass is 79.9. The van der Waals surface area contributed by atoms with Crippen LogP contribution < -0.4 is 11.1 Å². The fourth-order valence-electron chi connectivity index (χ4n) is 2.02. The molecule has 18 heavy (non-hydrogen) atoms. The second kappa shape index (κ2) is 5.28. The molecule has 0 heterocycles. The molecule has 1 amide bonds. The molecule has 0 spiro atoms. The lowest BCUT2D eigenvalue weighted by atomic mass is 10.0. The Morgan fingerprint density at radius 2 is 2.22 bits per heavy atom. The van der Waals surface area contributed by atoms with Gasteiger partial charge in [-0.25, -0.2) is 0 Å². The van der Waals surface area contributed by atoms with Crippen LogP contribution in [0.15, 0.2) is 22.7 Å². The van der Waals surface area contributed by atoms with Gasteiger partial charge in [-0.3, -0.25) is 4.79 Å². The highest BCUT2D eigenvalue weighted by Gasteiger charge is 2.41. The number of anilines is 1. The molecule has 0 unspecified atom stereocenters. The van der Waals surface area contributed by atoms with E-state index < -0.39 is 0 Å². The van der Waals surface area contributed by atoms with Crippen molar-refractivity contribution in [3.63, 3.8) is 0 Å². The van der Waals surface area contributed by atoms with Gasteiger partial charge in [0.2, 0.25) is 0 Å². The normalized spacial score (nSPS) is 16.3. The van der Waals surface area contributed by atoms with Gasteiger partial charge < -0.3 is 16.2 Å². The van der Waals surface area contributed by atoms with Crippen molar-refractivity contribution in [1.82, 2.24) is 5.32 Å². The first-order chi connectivity index (χ1) is 8.58. The van der Waals surface area contributed by atoms with Crippen LogP contribution in [0.3, 0.4) is 0 Å². The minimum absolute atomic E-state index is 0.122. The quantitative estimate of drug-likeness (QED) is 0.727. The molecule has 0 aliphatic heterocycles. The molecule has 1 aliphatic rings. The Kier molecular flexibility index (Phi) is 3.92. The van der Waals surface area contributed by atoms with Crippen molar-refractivity contribution in [3.8, 4) is 0 Å². The van der Waals surface area contributed by atoms with Gasteiger partial charge in [0.15, 0.2) is 0 Å². The number of hydrogen-bond donors (Lipinski definition) is 3. The lowest BCUT2D eigenvalue weighted by molar-refractivity contribution is 0.0940. The Morgan fingerprint density at radius 1 is 1.50 bits per heavy atom. The Balaban J connectivity index is 1.98. The SMILES string of the molecule is Nc1cccc(C(=O)NCC2(CCO)CC2)c1Br.